The lowest BCUT2D eigenvalue weighted by Gasteiger charge is -2.36. The smallest absolute Gasteiger partial charge is 0.0177 e. The van der Waals surface area contributed by atoms with E-state index in [4.69, 9.17) is 0 Å². The van der Waals surface area contributed by atoms with Gasteiger partial charge < -0.3 is 5.32 Å². The van der Waals surface area contributed by atoms with E-state index < -0.39 is 0 Å². The van der Waals surface area contributed by atoms with Crippen molar-refractivity contribution in [3.05, 3.63) is 35.9 Å². The number of nitrogens with zero attached hydrogens (tertiary/aromatic N) is 1. The van der Waals surface area contributed by atoms with Crippen LogP contribution in [-0.4, -0.2) is 37.1 Å². The minimum Gasteiger partial charge on any atom is -0.316 e. The Morgan fingerprint density at radius 1 is 1.20 bits per heavy atom. The molecule has 2 nitrogen and oxygen atoms in total. The predicted octanol–water partition coefficient (Wildman–Crippen LogP) is 3.43. The quantitative estimate of drug-likeness (QED) is 0.742. The number of rotatable bonds is 9. The molecule has 20 heavy (non-hydrogen) atoms. The van der Waals surface area contributed by atoms with Crippen molar-refractivity contribution in [3.63, 3.8) is 0 Å². The Morgan fingerprint density at radius 3 is 2.45 bits per heavy atom. The van der Waals surface area contributed by atoms with Crippen molar-refractivity contribution < 1.29 is 0 Å². The van der Waals surface area contributed by atoms with Crippen LogP contribution in [0.1, 0.15) is 45.6 Å². The van der Waals surface area contributed by atoms with Crippen LogP contribution in [0.3, 0.4) is 0 Å². The zero-order valence-electron chi connectivity index (χ0n) is 13.4. The van der Waals surface area contributed by atoms with Gasteiger partial charge in [-0.15, -0.1) is 0 Å². The summed E-state index contributed by atoms with van der Waals surface area (Å²) in [6.07, 6.45) is 4.04. The molecule has 0 aromatic heterocycles. The van der Waals surface area contributed by atoms with Crippen LogP contribution in [0.15, 0.2) is 30.3 Å². The maximum Gasteiger partial charge on any atom is 0.0177 e. The van der Waals surface area contributed by atoms with Crippen molar-refractivity contribution in [2.45, 2.75) is 51.5 Å². The summed E-state index contributed by atoms with van der Waals surface area (Å²) in [6.45, 7) is 11.4. The summed E-state index contributed by atoms with van der Waals surface area (Å²) in [5.74, 6) is 0. The molecule has 1 atom stereocenters. The monoisotopic (exact) mass is 274 g/mol. The first-order valence-electron chi connectivity index (χ1n) is 8.20. The lowest BCUT2D eigenvalue weighted by atomic mass is 9.81. The van der Waals surface area contributed by atoms with Gasteiger partial charge in [-0.3, -0.25) is 4.90 Å². The Balaban J connectivity index is 2.13. The third-order valence-electron chi connectivity index (χ3n) is 4.36. The highest BCUT2D eigenvalue weighted by Gasteiger charge is 2.35. The van der Waals surface area contributed by atoms with Crippen molar-refractivity contribution in [1.82, 2.24) is 10.2 Å². The van der Waals surface area contributed by atoms with Gasteiger partial charge in [0.15, 0.2) is 0 Å². The summed E-state index contributed by atoms with van der Waals surface area (Å²) in [6, 6.07) is 11.9. The van der Waals surface area contributed by atoms with Gasteiger partial charge in [0, 0.05) is 24.5 Å². The highest BCUT2D eigenvalue weighted by molar-refractivity contribution is 5.26. The van der Waals surface area contributed by atoms with Crippen LogP contribution in [-0.2, 0) is 5.41 Å². The molecule has 0 aliphatic heterocycles. The fraction of sp³-hybridized carbons (Fsp3) is 0.667. The third kappa shape index (κ3) is 4.07. The normalized spacial score (nSPS) is 18.2. The molecule has 1 aromatic rings. The van der Waals surface area contributed by atoms with E-state index in [1.165, 1.54) is 37.9 Å². The van der Waals surface area contributed by atoms with Crippen LogP contribution < -0.4 is 5.32 Å². The van der Waals surface area contributed by atoms with Gasteiger partial charge >= 0.3 is 0 Å². The second-order valence-electron chi connectivity index (χ2n) is 6.41. The average molecular weight is 274 g/mol. The van der Waals surface area contributed by atoms with Gasteiger partial charge in [-0.05, 0) is 37.9 Å². The molecule has 1 N–H and O–H groups in total. The Labute approximate surface area is 124 Å². The van der Waals surface area contributed by atoms with Crippen LogP contribution in [0.5, 0.6) is 0 Å². The van der Waals surface area contributed by atoms with Gasteiger partial charge in [0.05, 0.1) is 0 Å². The van der Waals surface area contributed by atoms with E-state index in [0.29, 0.717) is 0 Å². The number of benzene rings is 1. The predicted molar refractivity (Wildman–Crippen MR) is 87.2 cm³/mol. The molecule has 0 saturated heterocycles. The van der Waals surface area contributed by atoms with Crippen LogP contribution in [0, 0.1) is 0 Å². The molecule has 0 bridgehead atoms. The van der Waals surface area contributed by atoms with Crippen LogP contribution in [0.2, 0.25) is 0 Å². The van der Waals surface area contributed by atoms with Gasteiger partial charge in [-0.2, -0.15) is 0 Å². The van der Waals surface area contributed by atoms with Crippen molar-refractivity contribution in [2.24, 2.45) is 0 Å². The third-order valence-corrected chi connectivity index (χ3v) is 4.36. The van der Waals surface area contributed by atoms with Gasteiger partial charge in [-0.1, -0.05) is 51.1 Å². The van der Waals surface area contributed by atoms with Crippen molar-refractivity contribution in [3.8, 4) is 0 Å². The van der Waals surface area contributed by atoms with Crippen LogP contribution in [0.25, 0.3) is 0 Å². The van der Waals surface area contributed by atoms with E-state index in [2.05, 4.69) is 61.3 Å². The molecule has 2 rings (SSSR count). The lowest BCUT2D eigenvalue weighted by Crippen LogP contribution is -2.46. The summed E-state index contributed by atoms with van der Waals surface area (Å²) >= 11 is 0. The van der Waals surface area contributed by atoms with E-state index in [1.807, 2.05) is 0 Å². The first kappa shape index (κ1) is 15.5. The van der Waals surface area contributed by atoms with Crippen molar-refractivity contribution in [1.29, 1.82) is 0 Å². The summed E-state index contributed by atoms with van der Waals surface area (Å²) < 4.78 is 0. The fourth-order valence-corrected chi connectivity index (χ4v) is 3.06. The maximum absolute atomic E-state index is 3.57. The van der Waals surface area contributed by atoms with Gasteiger partial charge in [-0.25, -0.2) is 0 Å². The van der Waals surface area contributed by atoms with E-state index in [0.717, 1.165) is 19.1 Å². The zero-order chi connectivity index (χ0) is 14.4. The van der Waals surface area contributed by atoms with E-state index in [9.17, 15) is 0 Å². The highest BCUT2D eigenvalue weighted by atomic mass is 15.2. The molecule has 1 unspecified atom stereocenters. The second-order valence-corrected chi connectivity index (χ2v) is 6.41. The maximum atomic E-state index is 3.57. The van der Waals surface area contributed by atoms with E-state index in [-0.39, 0.29) is 5.41 Å². The molecular formula is C18H30N2. The summed E-state index contributed by atoms with van der Waals surface area (Å²) in [7, 11) is 0. The summed E-state index contributed by atoms with van der Waals surface area (Å²) in [5.41, 5.74) is 1.66. The highest BCUT2D eigenvalue weighted by Crippen LogP contribution is 2.32. The molecule has 0 heterocycles. The summed E-state index contributed by atoms with van der Waals surface area (Å²) in [5, 5.41) is 3.57. The molecule has 1 fully saturated rings. The Kier molecular flexibility index (Phi) is 5.62. The summed E-state index contributed by atoms with van der Waals surface area (Å²) in [4.78, 5) is 2.71. The SMILES string of the molecule is CCCN(CC(C)(CNCC)c1ccccc1)C1CC1. The minimum absolute atomic E-state index is 0.203. The largest absolute Gasteiger partial charge is 0.316 e. The first-order chi connectivity index (χ1) is 9.69. The first-order valence-corrected chi connectivity index (χ1v) is 8.20. The molecule has 112 valence electrons. The van der Waals surface area contributed by atoms with Crippen molar-refractivity contribution >= 4 is 0 Å². The molecule has 1 saturated carbocycles. The number of nitrogens with one attached hydrogen (secondary N) is 1. The van der Waals surface area contributed by atoms with Crippen LogP contribution >= 0.6 is 0 Å². The van der Waals surface area contributed by atoms with Gasteiger partial charge in [0.2, 0.25) is 0 Å². The number of hydrogen-bond acceptors (Lipinski definition) is 2. The lowest BCUT2D eigenvalue weighted by molar-refractivity contribution is 0.202. The van der Waals surface area contributed by atoms with E-state index >= 15 is 0 Å². The molecule has 2 heteroatoms. The molecule has 0 spiro atoms. The second kappa shape index (κ2) is 7.24. The number of likely N-dealkylation sites (N-methyl/N-ethyl adjacent to an activating group) is 1. The minimum atomic E-state index is 0.203. The van der Waals surface area contributed by atoms with Gasteiger partial charge in [0.25, 0.3) is 0 Å². The molecule has 0 radical (unpaired) electrons. The number of hydrogen-bond donors (Lipinski definition) is 1. The van der Waals surface area contributed by atoms with E-state index in [1.54, 1.807) is 0 Å². The van der Waals surface area contributed by atoms with Crippen molar-refractivity contribution in [2.75, 3.05) is 26.2 Å². The molecule has 1 aliphatic rings. The molecule has 0 amide bonds. The molecular weight excluding hydrogens is 244 g/mol. The zero-order valence-corrected chi connectivity index (χ0v) is 13.4. The van der Waals surface area contributed by atoms with Gasteiger partial charge in [0.1, 0.15) is 0 Å². The molecule has 1 aromatic carbocycles. The topological polar surface area (TPSA) is 15.3 Å². The average Bonchev–Trinajstić information content (AvgIpc) is 3.30. The Morgan fingerprint density at radius 2 is 1.90 bits per heavy atom. The van der Waals surface area contributed by atoms with Crippen LogP contribution in [0.4, 0.5) is 0 Å². The fourth-order valence-electron chi connectivity index (χ4n) is 3.06. The standard InChI is InChI=1S/C18H30N2/c1-4-13-20(17-11-12-17)15-18(3,14-19-5-2)16-9-7-6-8-10-16/h6-10,17,19H,4-5,11-15H2,1-3H3. The molecule has 1 aliphatic carbocycles. The Hall–Kier alpha value is -0.860. The Bertz CT molecular complexity index is 386.